The Kier molecular flexibility index (Phi) is 8.57. The lowest BCUT2D eigenvalue weighted by molar-refractivity contribution is -0.152. The van der Waals surface area contributed by atoms with Crippen molar-refractivity contribution in [2.75, 3.05) is 33.3 Å². The van der Waals surface area contributed by atoms with E-state index < -0.39 is 47.4 Å². The summed E-state index contributed by atoms with van der Waals surface area (Å²) in [6.07, 6.45) is 1.37. The Labute approximate surface area is 288 Å². The van der Waals surface area contributed by atoms with Crippen LogP contribution in [0.4, 0.5) is 0 Å². The quantitative estimate of drug-likeness (QED) is 0.347. The minimum absolute atomic E-state index is 0.0413. The molecule has 0 saturated carbocycles. The number of carbonyl (C=O) groups excluding carboxylic acids is 3. The Balaban J connectivity index is 1.51. The minimum atomic E-state index is -0.941. The Hall–Kier alpha value is -4.19. The highest BCUT2D eigenvalue weighted by Crippen LogP contribution is 2.64. The third-order valence-corrected chi connectivity index (χ3v) is 11.9. The van der Waals surface area contributed by atoms with Crippen LogP contribution >= 0.6 is 11.8 Å². The van der Waals surface area contributed by atoms with Gasteiger partial charge in [0.2, 0.25) is 12.7 Å². The Morgan fingerprint density at radius 2 is 1.92 bits per heavy atom. The molecule has 2 N–H and O–H groups in total. The highest BCUT2D eigenvalue weighted by Gasteiger charge is 2.60. The SMILES string of the molecule is CCCC(=O)NC1CS[C@@H]2c3c(OC(C)=O)c(C)c4c(c3[C@H](COC1=O)N1C2[C@H]2c3c(cc(C)c(OC)c3O)C[C@@H]([C@@H]1C#N)N2C)OCO4. The van der Waals surface area contributed by atoms with Crippen molar-refractivity contribution in [3.63, 3.8) is 0 Å². The molecule has 0 aliphatic carbocycles. The molecule has 7 atom stereocenters. The van der Waals surface area contributed by atoms with Gasteiger partial charge in [0.25, 0.3) is 0 Å². The van der Waals surface area contributed by atoms with Crippen LogP contribution in [0.5, 0.6) is 28.7 Å². The van der Waals surface area contributed by atoms with Crippen LogP contribution in [0.3, 0.4) is 0 Å². The fourth-order valence-corrected chi connectivity index (χ4v) is 10.1. The highest BCUT2D eigenvalue weighted by molar-refractivity contribution is 7.99. The summed E-state index contributed by atoms with van der Waals surface area (Å²) in [7, 11) is 3.49. The molecule has 6 aliphatic heterocycles. The molecule has 4 bridgehead atoms. The maximum Gasteiger partial charge on any atom is 0.329 e. The molecule has 6 heterocycles. The zero-order valence-electron chi connectivity index (χ0n) is 28.3. The predicted molar refractivity (Wildman–Crippen MR) is 177 cm³/mol. The number of nitriles is 1. The van der Waals surface area contributed by atoms with Crippen LogP contribution < -0.4 is 24.3 Å². The maximum absolute atomic E-state index is 13.6. The zero-order valence-corrected chi connectivity index (χ0v) is 29.1. The summed E-state index contributed by atoms with van der Waals surface area (Å²) in [4.78, 5) is 43.4. The number of phenolic OH excluding ortho intramolecular Hbond substituents is 1. The fourth-order valence-electron chi connectivity index (χ4n) is 8.56. The first kappa shape index (κ1) is 33.3. The van der Waals surface area contributed by atoms with Crippen LogP contribution in [0.15, 0.2) is 6.07 Å². The largest absolute Gasteiger partial charge is 0.504 e. The van der Waals surface area contributed by atoms with E-state index in [2.05, 4.69) is 21.2 Å². The van der Waals surface area contributed by atoms with E-state index in [0.717, 1.165) is 11.1 Å². The van der Waals surface area contributed by atoms with Crippen molar-refractivity contribution < 1.29 is 43.2 Å². The van der Waals surface area contributed by atoms with Crippen LogP contribution in [0, 0.1) is 25.2 Å². The number of esters is 2. The fraction of sp³-hybridized carbons (Fsp3) is 0.543. The Morgan fingerprint density at radius 3 is 2.61 bits per heavy atom. The standard InChI is InChI=1S/C35H40N4O9S/c1-7-8-23(41)37-19-13-49-34-26-25(33-32(46-14-47-33)16(3)31(26)48-17(4)40)22(12-45-35(19)43)39-21(11-36)20-10-18-9-15(2)30(44-6)29(42)24(18)27(28(34)39)38(20)5/h9,19-22,27-28,34,42H,7-8,10,12-14H2,1-6H3,(H,37,41)/t19?,20-,21-,22-,27+,28?,34+/m0/s1. The average molecular weight is 693 g/mol. The number of likely N-dealkylation sites (N-methyl/N-ethyl adjacent to an activating group) is 1. The van der Waals surface area contributed by atoms with Crippen molar-refractivity contribution in [1.29, 1.82) is 5.26 Å². The number of nitrogens with one attached hydrogen (secondary N) is 1. The van der Waals surface area contributed by atoms with Gasteiger partial charge in [-0.3, -0.25) is 19.4 Å². The Bertz CT molecular complexity index is 1790. The van der Waals surface area contributed by atoms with Crippen molar-refractivity contribution in [1.82, 2.24) is 15.1 Å². The molecule has 1 amide bonds. The molecule has 8 rings (SSSR count). The van der Waals surface area contributed by atoms with E-state index in [4.69, 9.17) is 23.7 Å². The van der Waals surface area contributed by atoms with Crippen molar-refractivity contribution in [2.24, 2.45) is 0 Å². The molecular weight excluding hydrogens is 652 g/mol. The van der Waals surface area contributed by atoms with Crippen molar-refractivity contribution in [2.45, 2.75) is 88.5 Å². The maximum atomic E-state index is 13.6. The first-order valence-corrected chi connectivity index (χ1v) is 17.6. The second kappa shape index (κ2) is 12.6. The number of thioether (sulfide) groups is 1. The molecule has 2 aromatic carbocycles. The third kappa shape index (κ3) is 5.08. The molecule has 13 nitrogen and oxygen atoms in total. The summed E-state index contributed by atoms with van der Waals surface area (Å²) < 4.78 is 29.8. The van der Waals surface area contributed by atoms with Gasteiger partial charge in [0, 0.05) is 53.4 Å². The predicted octanol–water partition coefficient (Wildman–Crippen LogP) is 3.52. The zero-order chi connectivity index (χ0) is 34.9. The molecule has 2 saturated heterocycles. The van der Waals surface area contributed by atoms with E-state index in [1.54, 1.807) is 0 Å². The molecule has 2 fully saturated rings. The van der Waals surface area contributed by atoms with E-state index in [-0.39, 0.29) is 43.3 Å². The normalized spacial score (nSPS) is 28.3. The molecule has 0 radical (unpaired) electrons. The number of carbonyl (C=O) groups is 3. The van der Waals surface area contributed by atoms with Crippen LogP contribution in [-0.4, -0.2) is 90.2 Å². The van der Waals surface area contributed by atoms with Gasteiger partial charge in [0.15, 0.2) is 23.0 Å². The van der Waals surface area contributed by atoms with Gasteiger partial charge in [0.05, 0.1) is 30.5 Å². The molecule has 0 aromatic heterocycles. The first-order chi connectivity index (χ1) is 23.5. The van der Waals surface area contributed by atoms with Crippen LogP contribution in [0.1, 0.15) is 77.4 Å². The van der Waals surface area contributed by atoms with Gasteiger partial charge in [-0.25, -0.2) is 4.79 Å². The van der Waals surface area contributed by atoms with E-state index in [9.17, 15) is 24.8 Å². The highest BCUT2D eigenvalue weighted by atomic mass is 32.2. The number of rotatable bonds is 5. The molecule has 2 aromatic rings. The van der Waals surface area contributed by atoms with E-state index in [0.29, 0.717) is 58.1 Å². The summed E-state index contributed by atoms with van der Waals surface area (Å²) in [6.45, 7) is 6.70. The molecule has 0 spiro atoms. The summed E-state index contributed by atoms with van der Waals surface area (Å²) in [5, 5.41) is 25.1. The van der Waals surface area contributed by atoms with E-state index >= 15 is 0 Å². The van der Waals surface area contributed by atoms with Crippen LogP contribution in [-0.2, 0) is 25.5 Å². The van der Waals surface area contributed by atoms with Crippen molar-refractivity contribution in [3.8, 4) is 34.8 Å². The number of amides is 1. The summed E-state index contributed by atoms with van der Waals surface area (Å²) in [5.41, 5.74) is 4.33. The number of fused-ring (bicyclic) bond motifs is 10. The lowest BCUT2D eigenvalue weighted by Crippen LogP contribution is -2.69. The molecule has 2 unspecified atom stereocenters. The van der Waals surface area contributed by atoms with Gasteiger partial charge in [-0.1, -0.05) is 13.0 Å². The van der Waals surface area contributed by atoms with Crippen LogP contribution in [0.2, 0.25) is 0 Å². The van der Waals surface area contributed by atoms with Gasteiger partial charge < -0.3 is 34.1 Å². The lowest BCUT2D eigenvalue weighted by Gasteiger charge is -2.61. The monoisotopic (exact) mass is 692 g/mol. The lowest BCUT2D eigenvalue weighted by atomic mass is 9.71. The minimum Gasteiger partial charge on any atom is -0.504 e. The first-order valence-electron chi connectivity index (χ1n) is 16.5. The second-order valence-electron chi connectivity index (χ2n) is 13.3. The number of ether oxygens (including phenoxy) is 5. The summed E-state index contributed by atoms with van der Waals surface area (Å²) in [6, 6.07) is 1.04. The van der Waals surface area contributed by atoms with Crippen molar-refractivity contribution in [3.05, 3.63) is 39.4 Å². The topological polar surface area (TPSA) is 160 Å². The van der Waals surface area contributed by atoms with Gasteiger partial charge in [-0.05, 0) is 44.9 Å². The van der Waals surface area contributed by atoms with Gasteiger partial charge >= 0.3 is 11.9 Å². The average Bonchev–Trinajstić information content (AvgIpc) is 3.54. The molecule has 260 valence electrons. The van der Waals surface area contributed by atoms with Crippen molar-refractivity contribution >= 4 is 29.6 Å². The van der Waals surface area contributed by atoms with Gasteiger partial charge in [-0.15, -0.1) is 11.8 Å². The van der Waals surface area contributed by atoms with E-state index in [1.807, 2.05) is 33.9 Å². The molecular formula is C35H40N4O9S. The number of methoxy groups -OCH3 is 1. The number of aryl methyl sites for hydroxylation is 1. The van der Waals surface area contributed by atoms with Crippen LogP contribution in [0.25, 0.3) is 0 Å². The summed E-state index contributed by atoms with van der Waals surface area (Å²) in [5.74, 6) is 0.420. The number of aromatic hydroxyl groups is 1. The Morgan fingerprint density at radius 1 is 1.16 bits per heavy atom. The second-order valence-corrected chi connectivity index (χ2v) is 14.4. The smallest absolute Gasteiger partial charge is 0.329 e. The number of phenols is 1. The number of hydrogen-bond acceptors (Lipinski definition) is 13. The summed E-state index contributed by atoms with van der Waals surface area (Å²) >= 11 is 1.41. The van der Waals surface area contributed by atoms with E-state index in [1.165, 1.54) is 25.8 Å². The molecule has 49 heavy (non-hydrogen) atoms. The van der Waals surface area contributed by atoms with Gasteiger partial charge in [0.1, 0.15) is 24.4 Å². The third-order valence-electron chi connectivity index (χ3n) is 10.5. The molecule has 6 aliphatic rings. The van der Waals surface area contributed by atoms with Gasteiger partial charge in [-0.2, -0.15) is 5.26 Å². The number of hydrogen-bond donors (Lipinski definition) is 2. The number of nitrogens with zero attached hydrogens (tertiary/aromatic N) is 3. The molecule has 14 heteroatoms. The number of piperazine rings is 1. The number of benzene rings is 2.